The number of nitrogens with one attached hydrogen (secondary N) is 1. The highest BCUT2D eigenvalue weighted by molar-refractivity contribution is 6.35. The fraction of sp³-hybridized carbons (Fsp3) is 0.421. The molecule has 3 amide bonds. The molecule has 7 heteroatoms. The zero-order valence-corrected chi connectivity index (χ0v) is 14.9. The molecule has 0 spiro atoms. The van der Waals surface area contributed by atoms with Crippen molar-refractivity contribution in [3.05, 3.63) is 34.1 Å². The second kappa shape index (κ2) is 6.50. The average Bonchev–Trinajstić information content (AvgIpc) is 2.81. The highest BCUT2D eigenvalue weighted by Crippen LogP contribution is 2.39. The molecule has 0 unspecified atom stereocenters. The molecule has 0 aromatic heterocycles. The minimum Gasteiger partial charge on any atom is -0.324 e. The van der Waals surface area contributed by atoms with E-state index in [1.807, 2.05) is 0 Å². The van der Waals surface area contributed by atoms with E-state index < -0.39 is 17.6 Å². The molecular weight excluding hydrogens is 359 g/mol. The molecule has 0 saturated heterocycles. The van der Waals surface area contributed by atoms with Crippen molar-refractivity contribution in [3.63, 3.8) is 0 Å². The van der Waals surface area contributed by atoms with Gasteiger partial charge in [-0.1, -0.05) is 18.0 Å². The summed E-state index contributed by atoms with van der Waals surface area (Å²) in [4.78, 5) is 38.3. The first-order valence-corrected chi connectivity index (χ1v) is 9.26. The van der Waals surface area contributed by atoms with Crippen LogP contribution in [0.3, 0.4) is 0 Å². The van der Waals surface area contributed by atoms with E-state index in [9.17, 15) is 18.8 Å². The van der Waals surface area contributed by atoms with Gasteiger partial charge in [-0.25, -0.2) is 9.29 Å². The molecule has 1 saturated carbocycles. The Balaban J connectivity index is 1.66. The quantitative estimate of drug-likeness (QED) is 0.812. The van der Waals surface area contributed by atoms with E-state index in [2.05, 4.69) is 5.32 Å². The van der Waals surface area contributed by atoms with Gasteiger partial charge in [-0.2, -0.15) is 0 Å². The number of anilines is 2. The zero-order valence-electron chi connectivity index (χ0n) is 14.1. The summed E-state index contributed by atoms with van der Waals surface area (Å²) in [6.07, 6.45) is 5.41. The van der Waals surface area contributed by atoms with E-state index in [-0.39, 0.29) is 28.2 Å². The molecule has 4 rings (SSSR count). The smallest absolute Gasteiger partial charge is 0.261 e. The van der Waals surface area contributed by atoms with E-state index in [0.29, 0.717) is 24.0 Å². The maximum absolute atomic E-state index is 14.5. The van der Waals surface area contributed by atoms with E-state index in [1.54, 1.807) is 0 Å². The molecule has 1 fully saturated rings. The van der Waals surface area contributed by atoms with Crippen molar-refractivity contribution in [2.75, 3.05) is 10.2 Å². The van der Waals surface area contributed by atoms with Crippen molar-refractivity contribution in [1.29, 1.82) is 0 Å². The van der Waals surface area contributed by atoms with Crippen molar-refractivity contribution in [3.8, 4) is 0 Å². The lowest BCUT2D eigenvalue weighted by atomic mass is 9.85. The van der Waals surface area contributed by atoms with Gasteiger partial charge in [0.25, 0.3) is 11.8 Å². The van der Waals surface area contributed by atoms with Crippen LogP contribution in [0, 0.1) is 11.7 Å². The van der Waals surface area contributed by atoms with Gasteiger partial charge in [0.2, 0.25) is 5.91 Å². The first kappa shape index (κ1) is 17.2. The molecule has 0 atom stereocenters. The van der Waals surface area contributed by atoms with E-state index in [0.717, 1.165) is 43.1 Å². The number of hydrogen-bond acceptors (Lipinski definition) is 3. The third-order valence-corrected chi connectivity index (χ3v) is 5.71. The molecule has 1 heterocycles. The van der Waals surface area contributed by atoms with Gasteiger partial charge in [0.1, 0.15) is 5.82 Å². The Bertz CT molecular complexity index is 833. The lowest BCUT2D eigenvalue weighted by molar-refractivity contribution is -0.122. The van der Waals surface area contributed by atoms with Crippen LogP contribution in [0.25, 0.3) is 0 Å². The predicted molar refractivity (Wildman–Crippen MR) is 95.4 cm³/mol. The number of carbonyl (C=O) groups is 3. The van der Waals surface area contributed by atoms with Crippen LogP contribution in [-0.2, 0) is 14.4 Å². The number of hydrogen-bond donors (Lipinski definition) is 1. The molecule has 26 heavy (non-hydrogen) atoms. The summed E-state index contributed by atoms with van der Waals surface area (Å²) >= 11 is 6.06. The third kappa shape index (κ3) is 2.72. The monoisotopic (exact) mass is 376 g/mol. The van der Waals surface area contributed by atoms with Crippen molar-refractivity contribution in [2.45, 2.75) is 44.9 Å². The topological polar surface area (TPSA) is 66.5 Å². The molecule has 3 aliphatic rings. The lowest BCUT2D eigenvalue weighted by Gasteiger charge is -2.25. The largest absolute Gasteiger partial charge is 0.324 e. The van der Waals surface area contributed by atoms with Gasteiger partial charge in [-0.3, -0.25) is 14.4 Å². The summed E-state index contributed by atoms with van der Waals surface area (Å²) in [6, 6.07) is 2.31. The summed E-state index contributed by atoms with van der Waals surface area (Å²) < 4.78 is 14.5. The molecular formula is C19H18ClFN2O3. The fourth-order valence-corrected chi connectivity index (χ4v) is 3.87. The number of imide groups is 1. The third-order valence-electron chi connectivity index (χ3n) is 5.40. The average molecular weight is 377 g/mol. The van der Waals surface area contributed by atoms with Gasteiger partial charge in [-0.05, 0) is 50.7 Å². The zero-order chi connectivity index (χ0) is 18.4. The number of nitrogens with zero attached hydrogens (tertiary/aromatic N) is 1. The van der Waals surface area contributed by atoms with Crippen molar-refractivity contribution >= 4 is 40.7 Å². The number of carbonyl (C=O) groups excluding carboxylic acids is 3. The number of rotatable bonds is 3. The Morgan fingerprint density at radius 1 is 1.08 bits per heavy atom. The standard InChI is InChI=1S/C19H18ClFN2O3/c20-13-8-14(21)16(9-15(13)22-17(24)10-4-3-5-10)23-18(25)11-6-1-2-7-12(11)19(23)26/h8-10H,1-7H2,(H,22,24). The molecule has 0 bridgehead atoms. The maximum Gasteiger partial charge on any atom is 0.261 e. The second-order valence-corrected chi connectivity index (χ2v) is 7.42. The van der Waals surface area contributed by atoms with Gasteiger partial charge in [0, 0.05) is 17.1 Å². The number of benzene rings is 1. The molecule has 2 aliphatic carbocycles. The highest BCUT2D eigenvalue weighted by atomic mass is 35.5. The van der Waals surface area contributed by atoms with Crippen LogP contribution in [0.1, 0.15) is 44.9 Å². The van der Waals surface area contributed by atoms with Gasteiger partial charge < -0.3 is 5.32 Å². The van der Waals surface area contributed by atoms with Crippen LogP contribution in [0.2, 0.25) is 5.02 Å². The van der Waals surface area contributed by atoms with Gasteiger partial charge in [-0.15, -0.1) is 0 Å². The Kier molecular flexibility index (Phi) is 4.31. The van der Waals surface area contributed by atoms with Crippen LogP contribution >= 0.6 is 11.6 Å². The van der Waals surface area contributed by atoms with Crippen molar-refractivity contribution < 1.29 is 18.8 Å². The summed E-state index contributed by atoms with van der Waals surface area (Å²) in [5.41, 5.74) is 1.01. The minimum absolute atomic E-state index is 0.0377. The van der Waals surface area contributed by atoms with E-state index >= 15 is 0 Å². The molecule has 1 aliphatic heterocycles. The first-order chi connectivity index (χ1) is 12.5. The van der Waals surface area contributed by atoms with Crippen LogP contribution in [-0.4, -0.2) is 17.7 Å². The molecule has 1 aromatic rings. The van der Waals surface area contributed by atoms with Gasteiger partial charge in [0.05, 0.1) is 16.4 Å². The van der Waals surface area contributed by atoms with Crippen LogP contribution in [0.15, 0.2) is 23.3 Å². The first-order valence-electron chi connectivity index (χ1n) is 8.88. The van der Waals surface area contributed by atoms with Crippen molar-refractivity contribution in [1.82, 2.24) is 0 Å². The van der Waals surface area contributed by atoms with E-state index in [1.165, 1.54) is 6.07 Å². The normalized spacial score (nSPS) is 20.3. The predicted octanol–water partition coefficient (Wildman–Crippen LogP) is 3.96. The SMILES string of the molecule is O=C(Nc1cc(N2C(=O)C3=C(CCCC3)C2=O)c(F)cc1Cl)C1CCC1. The number of halogens is 2. The van der Waals surface area contributed by atoms with Crippen LogP contribution in [0.5, 0.6) is 0 Å². The summed E-state index contributed by atoms with van der Waals surface area (Å²) in [6.45, 7) is 0. The summed E-state index contributed by atoms with van der Waals surface area (Å²) in [7, 11) is 0. The van der Waals surface area contributed by atoms with Crippen LogP contribution < -0.4 is 10.2 Å². The Morgan fingerprint density at radius 2 is 1.69 bits per heavy atom. The summed E-state index contributed by atoms with van der Waals surface area (Å²) in [5.74, 6) is -1.95. The molecule has 1 aromatic carbocycles. The molecule has 5 nitrogen and oxygen atoms in total. The number of amides is 3. The molecule has 136 valence electrons. The Morgan fingerprint density at radius 3 is 2.23 bits per heavy atom. The molecule has 1 N–H and O–H groups in total. The second-order valence-electron chi connectivity index (χ2n) is 7.01. The Labute approximate surface area is 155 Å². The highest BCUT2D eigenvalue weighted by Gasteiger charge is 2.41. The fourth-order valence-electron chi connectivity index (χ4n) is 3.67. The lowest BCUT2D eigenvalue weighted by Crippen LogP contribution is -2.33. The maximum atomic E-state index is 14.5. The van der Waals surface area contributed by atoms with Gasteiger partial charge >= 0.3 is 0 Å². The minimum atomic E-state index is -0.766. The molecule has 0 radical (unpaired) electrons. The van der Waals surface area contributed by atoms with Crippen LogP contribution in [0.4, 0.5) is 15.8 Å². The Hall–Kier alpha value is -2.21. The van der Waals surface area contributed by atoms with Gasteiger partial charge in [0.15, 0.2) is 0 Å². The van der Waals surface area contributed by atoms with E-state index in [4.69, 9.17) is 11.6 Å². The van der Waals surface area contributed by atoms with Crippen molar-refractivity contribution in [2.24, 2.45) is 5.92 Å². The summed E-state index contributed by atoms with van der Waals surface area (Å²) in [5, 5.41) is 2.73.